The lowest BCUT2D eigenvalue weighted by atomic mass is 10.00. The summed E-state index contributed by atoms with van der Waals surface area (Å²) in [7, 11) is 0. The van der Waals surface area contributed by atoms with Crippen LogP contribution in [0.15, 0.2) is 24.3 Å². The summed E-state index contributed by atoms with van der Waals surface area (Å²) >= 11 is 5.94. The van der Waals surface area contributed by atoms with E-state index in [0.717, 1.165) is 18.8 Å². The highest BCUT2D eigenvalue weighted by Gasteiger charge is 2.33. The number of hydrogen-bond donors (Lipinski definition) is 1. The van der Waals surface area contributed by atoms with Crippen molar-refractivity contribution in [3.63, 3.8) is 0 Å². The van der Waals surface area contributed by atoms with Crippen LogP contribution in [0.3, 0.4) is 0 Å². The smallest absolute Gasteiger partial charge is 0.291 e. The van der Waals surface area contributed by atoms with Gasteiger partial charge in [-0.3, -0.25) is 9.69 Å². The van der Waals surface area contributed by atoms with Gasteiger partial charge in [-0.1, -0.05) is 11.6 Å². The third-order valence-electron chi connectivity index (χ3n) is 5.00. The molecule has 1 aromatic heterocycles. The van der Waals surface area contributed by atoms with Crippen molar-refractivity contribution >= 4 is 17.5 Å². The Morgan fingerprint density at radius 1 is 1.25 bits per heavy atom. The van der Waals surface area contributed by atoms with Crippen molar-refractivity contribution in [1.29, 1.82) is 0 Å². The van der Waals surface area contributed by atoms with Gasteiger partial charge in [0.15, 0.2) is 0 Å². The number of nitrogens with one attached hydrogen (secondary N) is 1. The zero-order valence-electron chi connectivity index (χ0n) is 17.1. The number of aromatic nitrogens is 3. The van der Waals surface area contributed by atoms with Crippen LogP contribution >= 0.6 is 11.6 Å². The summed E-state index contributed by atoms with van der Waals surface area (Å²) in [4.78, 5) is 19.3. The van der Waals surface area contributed by atoms with Gasteiger partial charge in [-0.25, -0.2) is 9.67 Å². The van der Waals surface area contributed by atoms with E-state index in [9.17, 15) is 4.79 Å². The Labute approximate surface area is 171 Å². The largest absolute Gasteiger partial charge is 0.373 e. The third kappa shape index (κ3) is 4.71. The standard InChI is InChI=1S/C20H28ClN5O2/c1-13-10-25(11-14(2)28-13)20(4,5)12-22-19(27)18-23-15(3)26(24-18)17-8-6-16(21)7-9-17/h6-9,13-14H,10-12H2,1-5H3,(H,22,27)/t13-,14-/m1/s1. The Morgan fingerprint density at radius 2 is 1.86 bits per heavy atom. The first-order valence-corrected chi connectivity index (χ1v) is 9.92. The first kappa shape index (κ1) is 20.8. The van der Waals surface area contributed by atoms with Crippen molar-refractivity contribution in [1.82, 2.24) is 25.0 Å². The second-order valence-electron chi connectivity index (χ2n) is 8.03. The molecule has 2 aromatic rings. The van der Waals surface area contributed by atoms with Crippen LogP contribution in [0.5, 0.6) is 0 Å². The number of amides is 1. The summed E-state index contributed by atoms with van der Waals surface area (Å²) in [6.45, 7) is 12.4. The van der Waals surface area contributed by atoms with Gasteiger partial charge < -0.3 is 10.1 Å². The molecule has 152 valence electrons. The van der Waals surface area contributed by atoms with Crippen molar-refractivity contribution in [2.45, 2.75) is 52.4 Å². The zero-order valence-corrected chi connectivity index (χ0v) is 17.8. The topological polar surface area (TPSA) is 72.3 Å². The van der Waals surface area contributed by atoms with Crippen LogP contribution in [-0.2, 0) is 4.74 Å². The van der Waals surface area contributed by atoms with Gasteiger partial charge in [0.05, 0.1) is 17.9 Å². The number of benzene rings is 1. The lowest BCUT2D eigenvalue weighted by Gasteiger charge is -2.45. The number of ether oxygens (including phenoxy) is 1. The maximum Gasteiger partial charge on any atom is 0.291 e. The molecule has 2 atom stereocenters. The van der Waals surface area contributed by atoms with E-state index in [2.05, 4.69) is 48.0 Å². The number of morpholine rings is 1. The Balaban J connectivity index is 1.66. The van der Waals surface area contributed by atoms with Crippen LogP contribution in [0.4, 0.5) is 0 Å². The summed E-state index contributed by atoms with van der Waals surface area (Å²) in [5.41, 5.74) is 0.612. The Morgan fingerprint density at radius 3 is 2.46 bits per heavy atom. The minimum absolute atomic E-state index is 0.159. The predicted molar refractivity (Wildman–Crippen MR) is 109 cm³/mol. The van der Waals surface area contributed by atoms with Crippen LogP contribution in [0.25, 0.3) is 5.69 Å². The number of nitrogens with zero attached hydrogens (tertiary/aromatic N) is 4. The average molecular weight is 406 g/mol. The summed E-state index contributed by atoms with van der Waals surface area (Å²) in [5, 5.41) is 8.00. The quantitative estimate of drug-likeness (QED) is 0.828. The minimum Gasteiger partial charge on any atom is -0.373 e. The number of rotatable bonds is 5. The fraction of sp³-hybridized carbons (Fsp3) is 0.550. The molecule has 0 spiro atoms. The predicted octanol–water partition coefficient (Wildman–Crippen LogP) is 2.85. The second-order valence-corrected chi connectivity index (χ2v) is 8.46. The minimum atomic E-state index is -0.279. The molecule has 7 nitrogen and oxygen atoms in total. The van der Waals surface area contributed by atoms with E-state index in [-0.39, 0.29) is 29.5 Å². The first-order valence-electron chi connectivity index (χ1n) is 9.54. The maximum absolute atomic E-state index is 12.6. The SMILES string of the molecule is Cc1nc(C(=O)NCC(C)(C)N2C[C@@H](C)O[C@H](C)C2)nn1-c1ccc(Cl)cc1. The van der Waals surface area contributed by atoms with Gasteiger partial charge in [-0.05, 0) is 58.9 Å². The van der Waals surface area contributed by atoms with Gasteiger partial charge in [0.25, 0.3) is 5.91 Å². The Bertz CT molecular complexity index is 824. The molecule has 28 heavy (non-hydrogen) atoms. The van der Waals surface area contributed by atoms with Crippen molar-refractivity contribution in [3.05, 3.63) is 40.9 Å². The highest BCUT2D eigenvalue weighted by molar-refractivity contribution is 6.30. The summed E-state index contributed by atoms with van der Waals surface area (Å²) in [6.07, 6.45) is 0.358. The van der Waals surface area contributed by atoms with E-state index >= 15 is 0 Å². The maximum atomic E-state index is 12.6. The summed E-state index contributed by atoms with van der Waals surface area (Å²) in [6, 6.07) is 7.25. The fourth-order valence-electron chi connectivity index (χ4n) is 3.47. The van der Waals surface area contributed by atoms with E-state index in [4.69, 9.17) is 16.3 Å². The lowest BCUT2D eigenvalue weighted by molar-refractivity contribution is -0.0948. The van der Waals surface area contributed by atoms with Crippen molar-refractivity contribution in [2.75, 3.05) is 19.6 Å². The van der Waals surface area contributed by atoms with Gasteiger partial charge in [-0.15, -0.1) is 5.10 Å². The molecule has 1 aliphatic rings. The lowest BCUT2D eigenvalue weighted by Crippen LogP contribution is -2.58. The van der Waals surface area contributed by atoms with E-state index < -0.39 is 0 Å². The normalized spacial score (nSPS) is 20.9. The molecule has 0 bridgehead atoms. The molecule has 8 heteroatoms. The molecule has 0 saturated carbocycles. The molecule has 1 aliphatic heterocycles. The average Bonchev–Trinajstić information content (AvgIpc) is 3.01. The molecular weight excluding hydrogens is 378 g/mol. The van der Waals surface area contributed by atoms with Crippen molar-refractivity contribution in [2.24, 2.45) is 0 Å². The highest BCUT2D eigenvalue weighted by atomic mass is 35.5. The van der Waals surface area contributed by atoms with Crippen LogP contribution in [0, 0.1) is 6.92 Å². The first-order chi connectivity index (χ1) is 13.2. The molecular formula is C20H28ClN5O2. The van der Waals surface area contributed by atoms with Gasteiger partial charge >= 0.3 is 0 Å². The van der Waals surface area contributed by atoms with E-state index in [1.165, 1.54) is 0 Å². The molecule has 1 aromatic carbocycles. The number of carbonyl (C=O) groups excluding carboxylic acids is 1. The molecule has 2 heterocycles. The molecule has 0 unspecified atom stereocenters. The van der Waals surface area contributed by atoms with Crippen LogP contribution in [0.1, 0.15) is 44.1 Å². The second kappa shape index (κ2) is 8.19. The number of carbonyl (C=O) groups is 1. The molecule has 1 amide bonds. The molecule has 0 radical (unpaired) electrons. The highest BCUT2D eigenvalue weighted by Crippen LogP contribution is 2.21. The summed E-state index contributed by atoms with van der Waals surface area (Å²) < 4.78 is 7.45. The molecule has 1 N–H and O–H groups in total. The van der Waals surface area contributed by atoms with E-state index in [0.29, 0.717) is 17.4 Å². The number of aryl methyl sites for hydroxylation is 1. The number of halogens is 1. The van der Waals surface area contributed by atoms with E-state index in [1.807, 2.05) is 19.1 Å². The molecule has 1 saturated heterocycles. The van der Waals surface area contributed by atoms with Gasteiger partial charge in [0.1, 0.15) is 5.82 Å². The van der Waals surface area contributed by atoms with Gasteiger partial charge in [0.2, 0.25) is 5.82 Å². The van der Waals surface area contributed by atoms with Gasteiger partial charge in [0, 0.05) is 30.2 Å². The van der Waals surface area contributed by atoms with Crippen LogP contribution < -0.4 is 5.32 Å². The van der Waals surface area contributed by atoms with Crippen LogP contribution in [-0.4, -0.2) is 63.0 Å². The van der Waals surface area contributed by atoms with E-state index in [1.54, 1.807) is 16.8 Å². The summed E-state index contributed by atoms with van der Waals surface area (Å²) in [5.74, 6) is 0.521. The Kier molecular flexibility index (Phi) is 6.07. The Hall–Kier alpha value is -1.96. The van der Waals surface area contributed by atoms with Crippen LogP contribution in [0.2, 0.25) is 5.02 Å². The molecule has 1 fully saturated rings. The van der Waals surface area contributed by atoms with Crippen molar-refractivity contribution in [3.8, 4) is 5.69 Å². The monoisotopic (exact) mass is 405 g/mol. The zero-order chi connectivity index (χ0) is 20.5. The molecule has 3 rings (SSSR count). The number of hydrogen-bond acceptors (Lipinski definition) is 5. The molecule has 0 aliphatic carbocycles. The van der Waals surface area contributed by atoms with Crippen molar-refractivity contribution < 1.29 is 9.53 Å². The van der Waals surface area contributed by atoms with Gasteiger partial charge in [-0.2, -0.15) is 0 Å². The fourth-order valence-corrected chi connectivity index (χ4v) is 3.60. The third-order valence-corrected chi connectivity index (χ3v) is 5.25.